The van der Waals surface area contributed by atoms with Crippen LogP contribution in [0.2, 0.25) is 0 Å². The van der Waals surface area contributed by atoms with Gasteiger partial charge in [-0.1, -0.05) is 72.4 Å². The molecule has 0 unspecified atom stereocenters. The highest BCUT2D eigenvalue weighted by Crippen LogP contribution is 2.27. The predicted molar refractivity (Wildman–Crippen MR) is 138 cm³/mol. The molecule has 5 aromatic rings. The van der Waals surface area contributed by atoms with E-state index in [-0.39, 0.29) is 17.2 Å². The van der Waals surface area contributed by atoms with Gasteiger partial charge in [-0.15, -0.1) is 0 Å². The molecule has 0 saturated heterocycles. The number of rotatable bonds is 6. The molecular formula is C27H24N4O2S. The molecule has 7 heteroatoms. The summed E-state index contributed by atoms with van der Waals surface area (Å²) in [6.45, 7) is 4.42. The molecule has 0 saturated carbocycles. The van der Waals surface area contributed by atoms with Gasteiger partial charge in [0.05, 0.1) is 11.4 Å². The van der Waals surface area contributed by atoms with E-state index in [1.807, 2.05) is 86.6 Å². The maximum absolute atomic E-state index is 13.7. The first kappa shape index (κ1) is 22.0. The van der Waals surface area contributed by atoms with Gasteiger partial charge in [-0.3, -0.25) is 14.2 Å². The molecule has 0 radical (unpaired) electrons. The standard InChI is InChI=1S/C27H24N4O2S/c1-17-12-13-18(2)22(14-17)31-26(33)25-24(20-10-6-7-11-21(20)29-25)30-27(31)34-16-23(32)28-15-19-8-4-3-5-9-19/h3-14,29H,15-16H2,1-2H3,(H,28,32). The Kier molecular flexibility index (Phi) is 5.94. The summed E-state index contributed by atoms with van der Waals surface area (Å²) in [5.74, 6) is 0.0347. The fraction of sp³-hybridized carbons (Fsp3) is 0.148. The van der Waals surface area contributed by atoms with Crippen LogP contribution in [0.5, 0.6) is 0 Å². The van der Waals surface area contributed by atoms with Crippen LogP contribution in [-0.2, 0) is 11.3 Å². The van der Waals surface area contributed by atoms with Gasteiger partial charge in [-0.2, -0.15) is 0 Å². The van der Waals surface area contributed by atoms with Crippen molar-refractivity contribution in [3.63, 3.8) is 0 Å². The van der Waals surface area contributed by atoms with Crippen LogP contribution in [0.1, 0.15) is 16.7 Å². The maximum Gasteiger partial charge on any atom is 0.283 e. The van der Waals surface area contributed by atoms with Crippen molar-refractivity contribution in [2.75, 3.05) is 5.75 Å². The van der Waals surface area contributed by atoms with Crippen molar-refractivity contribution in [1.29, 1.82) is 0 Å². The van der Waals surface area contributed by atoms with Crippen LogP contribution in [0, 0.1) is 13.8 Å². The van der Waals surface area contributed by atoms with Crippen molar-refractivity contribution >= 4 is 39.6 Å². The second-order valence-electron chi connectivity index (χ2n) is 8.27. The van der Waals surface area contributed by atoms with Crippen molar-refractivity contribution in [3.05, 3.63) is 99.8 Å². The van der Waals surface area contributed by atoms with Gasteiger partial charge in [-0.25, -0.2) is 4.98 Å². The summed E-state index contributed by atoms with van der Waals surface area (Å²) in [6, 6.07) is 23.5. The number of H-pyrrole nitrogens is 1. The molecule has 2 aromatic heterocycles. The molecule has 3 aromatic carbocycles. The van der Waals surface area contributed by atoms with E-state index in [0.717, 1.165) is 33.3 Å². The Balaban J connectivity index is 1.54. The zero-order valence-electron chi connectivity index (χ0n) is 19.0. The van der Waals surface area contributed by atoms with Crippen molar-refractivity contribution in [3.8, 4) is 5.69 Å². The minimum Gasteiger partial charge on any atom is -0.351 e. The van der Waals surface area contributed by atoms with Crippen molar-refractivity contribution < 1.29 is 4.79 Å². The topological polar surface area (TPSA) is 79.8 Å². The van der Waals surface area contributed by atoms with Crippen molar-refractivity contribution in [2.24, 2.45) is 0 Å². The van der Waals surface area contributed by atoms with Gasteiger partial charge in [0, 0.05) is 17.4 Å². The third-order valence-electron chi connectivity index (χ3n) is 5.76. The molecule has 5 rings (SSSR count). The normalized spacial score (nSPS) is 11.2. The fourth-order valence-electron chi connectivity index (χ4n) is 3.99. The molecule has 2 N–H and O–H groups in total. The number of aromatic amines is 1. The number of para-hydroxylation sites is 1. The summed E-state index contributed by atoms with van der Waals surface area (Å²) in [5, 5.41) is 4.32. The van der Waals surface area contributed by atoms with Gasteiger partial charge in [0.2, 0.25) is 5.91 Å². The largest absolute Gasteiger partial charge is 0.351 e. The SMILES string of the molecule is Cc1ccc(C)c(-n2c(SCC(=O)NCc3ccccc3)nc3c([nH]c4ccccc43)c2=O)c1. The molecule has 0 atom stereocenters. The lowest BCUT2D eigenvalue weighted by molar-refractivity contribution is -0.118. The van der Waals surface area contributed by atoms with E-state index in [2.05, 4.69) is 10.3 Å². The second-order valence-corrected chi connectivity index (χ2v) is 9.21. The fourth-order valence-corrected chi connectivity index (χ4v) is 4.82. The number of aryl methyl sites for hydroxylation is 2. The third kappa shape index (κ3) is 4.22. The van der Waals surface area contributed by atoms with E-state index in [1.165, 1.54) is 11.8 Å². The summed E-state index contributed by atoms with van der Waals surface area (Å²) in [6.07, 6.45) is 0. The zero-order chi connectivity index (χ0) is 23.7. The zero-order valence-corrected chi connectivity index (χ0v) is 19.8. The second kappa shape index (κ2) is 9.19. The van der Waals surface area contributed by atoms with Crippen LogP contribution in [0.4, 0.5) is 0 Å². The number of carbonyl (C=O) groups is 1. The van der Waals surface area contributed by atoms with E-state index >= 15 is 0 Å². The number of amides is 1. The van der Waals surface area contributed by atoms with E-state index in [1.54, 1.807) is 4.57 Å². The van der Waals surface area contributed by atoms with Crippen molar-refractivity contribution in [2.45, 2.75) is 25.5 Å². The van der Waals surface area contributed by atoms with Gasteiger partial charge in [0.25, 0.3) is 5.56 Å². The third-order valence-corrected chi connectivity index (χ3v) is 6.70. The smallest absolute Gasteiger partial charge is 0.283 e. The molecule has 34 heavy (non-hydrogen) atoms. The number of hydrogen-bond donors (Lipinski definition) is 2. The van der Waals surface area contributed by atoms with Crippen LogP contribution >= 0.6 is 11.8 Å². The molecule has 6 nitrogen and oxygen atoms in total. The number of thioether (sulfide) groups is 1. The summed E-state index contributed by atoms with van der Waals surface area (Å²) in [5.41, 5.74) is 5.56. The first-order chi connectivity index (χ1) is 16.5. The lowest BCUT2D eigenvalue weighted by Crippen LogP contribution is -2.26. The van der Waals surface area contributed by atoms with Gasteiger partial charge >= 0.3 is 0 Å². The Hall–Kier alpha value is -3.84. The number of nitrogens with zero attached hydrogens (tertiary/aromatic N) is 2. The lowest BCUT2D eigenvalue weighted by Gasteiger charge is -2.15. The first-order valence-electron chi connectivity index (χ1n) is 11.1. The van der Waals surface area contributed by atoms with Crippen LogP contribution in [-0.4, -0.2) is 26.2 Å². The average molecular weight is 469 g/mol. The van der Waals surface area contributed by atoms with E-state index in [9.17, 15) is 9.59 Å². The summed E-state index contributed by atoms with van der Waals surface area (Å²) in [4.78, 5) is 34.4. The Bertz CT molecular complexity index is 1570. The number of fused-ring (bicyclic) bond motifs is 3. The summed E-state index contributed by atoms with van der Waals surface area (Å²) < 4.78 is 1.62. The molecule has 0 aliphatic rings. The van der Waals surface area contributed by atoms with Crippen LogP contribution in [0.25, 0.3) is 27.6 Å². The monoisotopic (exact) mass is 468 g/mol. The maximum atomic E-state index is 13.7. The number of carbonyl (C=O) groups excluding carboxylic acids is 1. The lowest BCUT2D eigenvalue weighted by atomic mass is 10.1. The van der Waals surface area contributed by atoms with Gasteiger partial charge in [0.15, 0.2) is 5.16 Å². The van der Waals surface area contributed by atoms with Crippen LogP contribution in [0.3, 0.4) is 0 Å². The minimum atomic E-state index is -0.179. The first-order valence-corrected chi connectivity index (χ1v) is 12.0. The van der Waals surface area contributed by atoms with E-state index in [0.29, 0.717) is 22.7 Å². The van der Waals surface area contributed by atoms with Crippen LogP contribution < -0.4 is 10.9 Å². The summed E-state index contributed by atoms with van der Waals surface area (Å²) in [7, 11) is 0. The average Bonchev–Trinajstić information content (AvgIpc) is 3.23. The Morgan fingerprint density at radius 1 is 1.03 bits per heavy atom. The molecule has 170 valence electrons. The highest BCUT2D eigenvalue weighted by molar-refractivity contribution is 7.99. The predicted octanol–water partition coefficient (Wildman–Crippen LogP) is 4.89. The van der Waals surface area contributed by atoms with Gasteiger partial charge in [0.1, 0.15) is 11.0 Å². The van der Waals surface area contributed by atoms with E-state index in [4.69, 9.17) is 4.98 Å². The molecular weight excluding hydrogens is 444 g/mol. The number of hydrogen-bond acceptors (Lipinski definition) is 4. The number of aromatic nitrogens is 3. The Morgan fingerprint density at radius 2 is 1.79 bits per heavy atom. The molecule has 1 amide bonds. The Labute approximate surface area is 201 Å². The molecule has 0 bridgehead atoms. The number of nitrogens with one attached hydrogen (secondary N) is 2. The Morgan fingerprint density at radius 3 is 2.62 bits per heavy atom. The van der Waals surface area contributed by atoms with Crippen LogP contribution in [0.15, 0.2) is 82.7 Å². The van der Waals surface area contributed by atoms with Gasteiger partial charge in [-0.05, 0) is 42.7 Å². The molecule has 0 aliphatic heterocycles. The summed E-state index contributed by atoms with van der Waals surface area (Å²) >= 11 is 1.27. The highest BCUT2D eigenvalue weighted by atomic mass is 32.2. The quantitative estimate of drug-likeness (QED) is 0.275. The van der Waals surface area contributed by atoms with Crippen molar-refractivity contribution in [1.82, 2.24) is 19.9 Å². The molecule has 0 spiro atoms. The number of benzene rings is 3. The molecule has 2 heterocycles. The molecule has 0 fully saturated rings. The van der Waals surface area contributed by atoms with E-state index < -0.39 is 0 Å². The minimum absolute atomic E-state index is 0.116. The highest BCUT2D eigenvalue weighted by Gasteiger charge is 2.19. The van der Waals surface area contributed by atoms with Gasteiger partial charge < -0.3 is 10.3 Å². The molecule has 0 aliphatic carbocycles.